The van der Waals surface area contributed by atoms with E-state index in [-0.39, 0.29) is 6.04 Å². The lowest BCUT2D eigenvalue weighted by molar-refractivity contribution is 0.281. The van der Waals surface area contributed by atoms with Crippen LogP contribution in [0, 0.1) is 0 Å². The average molecular weight is 260 g/mol. The summed E-state index contributed by atoms with van der Waals surface area (Å²) in [5.41, 5.74) is 7.05. The Kier molecular flexibility index (Phi) is 3.13. The fraction of sp³-hybridized carbons (Fsp3) is 0.357. The summed E-state index contributed by atoms with van der Waals surface area (Å²) in [6.07, 6.45) is 5.50. The van der Waals surface area contributed by atoms with E-state index in [4.69, 9.17) is 19.6 Å². The van der Waals surface area contributed by atoms with E-state index in [1.165, 1.54) is 6.39 Å². The molecule has 0 bridgehead atoms. The van der Waals surface area contributed by atoms with Crippen molar-refractivity contribution < 1.29 is 13.9 Å². The molecule has 5 heteroatoms. The molecule has 1 heterocycles. The van der Waals surface area contributed by atoms with Crippen molar-refractivity contribution in [2.24, 2.45) is 5.73 Å². The number of hydrogen-bond donors (Lipinski definition) is 1. The van der Waals surface area contributed by atoms with Crippen LogP contribution in [0.1, 0.15) is 30.2 Å². The molecule has 5 nitrogen and oxygen atoms in total. The molecule has 0 radical (unpaired) electrons. The maximum absolute atomic E-state index is 6.14. The first-order valence-electron chi connectivity index (χ1n) is 6.26. The number of oxazole rings is 1. The summed E-state index contributed by atoms with van der Waals surface area (Å²) in [7, 11) is 1.63. The summed E-state index contributed by atoms with van der Waals surface area (Å²) in [4.78, 5) is 3.88. The number of nitrogens with zero attached hydrogens (tertiary/aromatic N) is 1. The van der Waals surface area contributed by atoms with Gasteiger partial charge in [-0.05, 0) is 30.5 Å². The lowest BCUT2D eigenvalue weighted by Gasteiger charge is -2.14. The molecule has 1 aromatic carbocycles. The Labute approximate surface area is 111 Å². The lowest BCUT2D eigenvalue weighted by Crippen LogP contribution is -2.11. The Morgan fingerprint density at radius 2 is 2.21 bits per heavy atom. The summed E-state index contributed by atoms with van der Waals surface area (Å²) in [5.74, 6) is 2.08. The van der Waals surface area contributed by atoms with Crippen LogP contribution in [0.15, 0.2) is 35.2 Å². The summed E-state index contributed by atoms with van der Waals surface area (Å²) in [5, 5.41) is 0. The first-order valence-corrected chi connectivity index (χ1v) is 6.26. The molecule has 2 N–H and O–H groups in total. The predicted octanol–water partition coefficient (Wildman–Crippen LogP) is 2.27. The van der Waals surface area contributed by atoms with Gasteiger partial charge in [0.1, 0.15) is 5.76 Å². The highest BCUT2D eigenvalue weighted by Gasteiger charge is 2.25. The Hall–Kier alpha value is -2.01. The summed E-state index contributed by atoms with van der Waals surface area (Å²) < 4.78 is 16.4. The van der Waals surface area contributed by atoms with Crippen LogP contribution >= 0.6 is 0 Å². The van der Waals surface area contributed by atoms with Gasteiger partial charge in [-0.3, -0.25) is 0 Å². The fourth-order valence-electron chi connectivity index (χ4n) is 1.89. The highest BCUT2D eigenvalue weighted by molar-refractivity contribution is 5.45. The van der Waals surface area contributed by atoms with Crippen molar-refractivity contribution in [1.29, 1.82) is 0 Å². The van der Waals surface area contributed by atoms with Crippen LogP contribution < -0.4 is 15.2 Å². The van der Waals surface area contributed by atoms with E-state index in [1.807, 2.05) is 18.2 Å². The van der Waals surface area contributed by atoms with E-state index in [0.29, 0.717) is 11.9 Å². The van der Waals surface area contributed by atoms with Gasteiger partial charge in [0.15, 0.2) is 17.9 Å². The Morgan fingerprint density at radius 1 is 1.37 bits per heavy atom. The molecular formula is C14H16N2O3. The van der Waals surface area contributed by atoms with Crippen molar-refractivity contribution in [2.45, 2.75) is 25.0 Å². The molecule has 1 aliphatic carbocycles. The number of nitrogens with two attached hydrogens (primary N) is 1. The second kappa shape index (κ2) is 4.93. The molecule has 3 rings (SSSR count). The van der Waals surface area contributed by atoms with Gasteiger partial charge in [0, 0.05) is 0 Å². The Morgan fingerprint density at radius 3 is 2.84 bits per heavy atom. The second-order valence-electron chi connectivity index (χ2n) is 4.61. The lowest BCUT2D eigenvalue weighted by atomic mass is 10.1. The van der Waals surface area contributed by atoms with Crippen molar-refractivity contribution in [2.75, 3.05) is 7.11 Å². The Bertz CT molecular complexity index is 550. The van der Waals surface area contributed by atoms with Gasteiger partial charge in [0.05, 0.1) is 25.5 Å². The first kappa shape index (κ1) is 12.0. The molecule has 1 unspecified atom stereocenters. The molecule has 0 aliphatic heterocycles. The van der Waals surface area contributed by atoms with Crippen LogP contribution in [0.2, 0.25) is 0 Å². The number of methoxy groups -OCH3 is 1. The first-order chi connectivity index (χ1) is 9.28. The van der Waals surface area contributed by atoms with E-state index in [2.05, 4.69) is 4.98 Å². The van der Waals surface area contributed by atoms with Gasteiger partial charge in [-0.25, -0.2) is 4.98 Å². The van der Waals surface area contributed by atoms with E-state index >= 15 is 0 Å². The zero-order valence-corrected chi connectivity index (χ0v) is 10.7. The van der Waals surface area contributed by atoms with Crippen molar-refractivity contribution in [3.63, 3.8) is 0 Å². The van der Waals surface area contributed by atoms with Gasteiger partial charge in [-0.2, -0.15) is 0 Å². The number of benzene rings is 1. The molecule has 19 heavy (non-hydrogen) atoms. The average Bonchev–Trinajstić information content (AvgIpc) is 3.08. The third-order valence-electron chi connectivity index (χ3n) is 3.12. The minimum absolute atomic E-state index is 0.311. The number of aromatic nitrogens is 1. The van der Waals surface area contributed by atoms with Crippen LogP contribution in [0.25, 0.3) is 0 Å². The summed E-state index contributed by atoms with van der Waals surface area (Å²) >= 11 is 0. The molecule has 1 aromatic heterocycles. The van der Waals surface area contributed by atoms with E-state index in [9.17, 15) is 0 Å². The summed E-state index contributed by atoms with van der Waals surface area (Å²) in [6.45, 7) is 0. The zero-order valence-electron chi connectivity index (χ0n) is 10.7. The van der Waals surface area contributed by atoms with Crippen molar-refractivity contribution in [3.05, 3.63) is 42.1 Å². The van der Waals surface area contributed by atoms with E-state index in [0.717, 1.165) is 29.9 Å². The largest absolute Gasteiger partial charge is 0.493 e. The second-order valence-corrected chi connectivity index (χ2v) is 4.61. The van der Waals surface area contributed by atoms with Gasteiger partial charge in [-0.15, -0.1) is 0 Å². The highest BCUT2D eigenvalue weighted by Crippen LogP contribution is 2.35. The van der Waals surface area contributed by atoms with E-state index < -0.39 is 0 Å². The van der Waals surface area contributed by atoms with Gasteiger partial charge in [0.2, 0.25) is 0 Å². The van der Waals surface area contributed by atoms with Crippen LogP contribution in [-0.4, -0.2) is 18.2 Å². The molecule has 1 saturated carbocycles. The standard InChI is InChI=1S/C14H16N2O3/c1-17-11-5-2-9(6-12(11)19-10-3-4-10)14(15)13-7-16-8-18-13/h2,5-8,10,14H,3-4,15H2,1H3. The molecule has 0 saturated heterocycles. The molecule has 0 amide bonds. The molecule has 0 spiro atoms. The number of rotatable bonds is 5. The van der Waals surface area contributed by atoms with Crippen molar-refractivity contribution >= 4 is 0 Å². The predicted molar refractivity (Wildman–Crippen MR) is 69.2 cm³/mol. The van der Waals surface area contributed by atoms with Gasteiger partial charge in [0.25, 0.3) is 0 Å². The van der Waals surface area contributed by atoms with Crippen LogP contribution in [0.5, 0.6) is 11.5 Å². The topological polar surface area (TPSA) is 70.5 Å². The maximum Gasteiger partial charge on any atom is 0.180 e. The maximum atomic E-state index is 6.14. The minimum atomic E-state index is -0.352. The SMILES string of the molecule is COc1ccc(C(N)c2cnco2)cc1OC1CC1. The molecule has 100 valence electrons. The molecular weight excluding hydrogens is 244 g/mol. The smallest absolute Gasteiger partial charge is 0.180 e. The minimum Gasteiger partial charge on any atom is -0.493 e. The third-order valence-corrected chi connectivity index (χ3v) is 3.12. The molecule has 1 fully saturated rings. The number of hydrogen-bond acceptors (Lipinski definition) is 5. The monoisotopic (exact) mass is 260 g/mol. The molecule has 1 aliphatic rings. The Balaban J connectivity index is 1.88. The van der Waals surface area contributed by atoms with Crippen LogP contribution in [-0.2, 0) is 0 Å². The van der Waals surface area contributed by atoms with Crippen molar-refractivity contribution in [3.8, 4) is 11.5 Å². The zero-order chi connectivity index (χ0) is 13.2. The van der Waals surface area contributed by atoms with Gasteiger partial charge >= 0.3 is 0 Å². The summed E-state index contributed by atoms with van der Waals surface area (Å²) in [6, 6.07) is 5.33. The quantitative estimate of drug-likeness (QED) is 0.893. The van der Waals surface area contributed by atoms with Gasteiger partial charge < -0.3 is 19.6 Å². The normalized spacial score (nSPS) is 16.1. The van der Waals surface area contributed by atoms with Crippen LogP contribution in [0.4, 0.5) is 0 Å². The molecule has 2 aromatic rings. The third kappa shape index (κ3) is 2.56. The van der Waals surface area contributed by atoms with Crippen molar-refractivity contribution in [1.82, 2.24) is 4.98 Å². The highest BCUT2D eigenvalue weighted by atomic mass is 16.5. The number of ether oxygens (including phenoxy) is 2. The fourth-order valence-corrected chi connectivity index (χ4v) is 1.89. The molecule has 1 atom stereocenters. The van der Waals surface area contributed by atoms with Gasteiger partial charge in [-0.1, -0.05) is 6.07 Å². The van der Waals surface area contributed by atoms with E-state index in [1.54, 1.807) is 13.3 Å². The van der Waals surface area contributed by atoms with Crippen LogP contribution in [0.3, 0.4) is 0 Å².